The lowest BCUT2D eigenvalue weighted by atomic mass is 10.2. The van der Waals surface area contributed by atoms with Crippen molar-refractivity contribution in [3.8, 4) is 5.75 Å². The number of nitrogens with one attached hydrogen (secondary N) is 1. The van der Waals surface area contributed by atoms with E-state index in [-0.39, 0.29) is 17.8 Å². The summed E-state index contributed by atoms with van der Waals surface area (Å²) in [7, 11) is 1.84. The number of benzene rings is 2. The summed E-state index contributed by atoms with van der Waals surface area (Å²) in [5.41, 5.74) is 1.74. The van der Waals surface area contributed by atoms with E-state index in [2.05, 4.69) is 15.5 Å². The summed E-state index contributed by atoms with van der Waals surface area (Å²) < 4.78 is 7.78. The van der Waals surface area contributed by atoms with Crippen molar-refractivity contribution in [2.24, 2.45) is 7.05 Å². The van der Waals surface area contributed by atoms with E-state index in [0.717, 1.165) is 5.56 Å². The number of hydrogen-bond acceptors (Lipinski definition) is 5. The number of aromatic nitrogens is 3. The third-order valence-corrected chi connectivity index (χ3v) is 5.67. The predicted molar refractivity (Wildman–Crippen MR) is 117 cm³/mol. The Balaban J connectivity index is 1.60. The van der Waals surface area contributed by atoms with Gasteiger partial charge >= 0.3 is 0 Å². The van der Waals surface area contributed by atoms with Crippen LogP contribution in [-0.4, -0.2) is 26.4 Å². The molecule has 0 spiro atoms. The van der Waals surface area contributed by atoms with Gasteiger partial charge in [-0.3, -0.25) is 4.79 Å². The molecule has 1 N–H and O–H groups in total. The summed E-state index contributed by atoms with van der Waals surface area (Å²) in [5.74, 6) is 1.30. The molecule has 6 nitrogen and oxygen atoms in total. The Morgan fingerprint density at radius 1 is 1.21 bits per heavy atom. The van der Waals surface area contributed by atoms with Crippen molar-refractivity contribution >= 4 is 46.6 Å². The first-order valence-electron chi connectivity index (χ1n) is 8.84. The van der Waals surface area contributed by atoms with Crippen LogP contribution in [0.4, 0.5) is 5.69 Å². The number of ether oxygens (including phenoxy) is 1. The quantitative estimate of drug-likeness (QED) is 0.494. The van der Waals surface area contributed by atoms with E-state index in [1.165, 1.54) is 11.8 Å². The second-order valence-electron chi connectivity index (χ2n) is 6.44. The minimum absolute atomic E-state index is 0.141. The van der Waals surface area contributed by atoms with Crippen LogP contribution in [-0.2, 0) is 11.8 Å². The van der Waals surface area contributed by atoms with Gasteiger partial charge < -0.3 is 14.6 Å². The highest BCUT2D eigenvalue weighted by atomic mass is 35.5. The van der Waals surface area contributed by atoms with Gasteiger partial charge in [-0.25, -0.2) is 0 Å². The average molecular weight is 451 g/mol. The number of anilines is 1. The zero-order chi connectivity index (χ0) is 21.0. The fraction of sp³-hybridized carbons (Fsp3) is 0.250. The molecule has 0 aliphatic carbocycles. The van der Waals surface area contributed by atoms with Crippen LogP contribution in [0, 0.1) is 6.92 Å². The van der Waals surface area contributed by atoms with E-state index in [0.29, 0.717) is 32.5 Å². The molecule has 1 atom stereocenters. The summed E-state index contributed by atoms with van der Waals surface area (Å²) in [4.78, 5) is 12.2. The normalized spacial score (nSPS) is 11.9. The molecule has 29 heavy (non-hydrogen) atoms. The van der Waals surface area contributed by atoms with Crippen LogP contribution in [0.1, 0.15) is 24.4 Å². The van der Waals surface area contributed by atoms with Crippen molar-refractivity contribution in [1.29, 1.82) is 0 Å². The van der Waals surface area contributed by atoms with Gasteiger partial charge in [0, 0.05) is 17.8 Å². The Bertz CT molecular complexity index is 1010. The second kappa shape index (κ2) is 9.52. The van der Waals surface area contributed by atoms with Crippen molar-refractivity contribution in [3.63, 3.8) is 0 Å². The highest BCUT2D eigenvalue weighted by Gasteiger charge is 2.19. The Labute approximate surface area is 183 Å². The minimum atomic E-state index is -0.357. The van der Waals surface area contributed by atoms with Gasteiger partial charge in [0.15, 0.2) is 17.1 Å². The second-order valence-corrected chi connectivity index (χ2v) is 8.22. The van der Waals surface area contributed by atoms with E-state index in [1.807, 2.05) is 37.6 Å². The number of halogens is 2. The Kier molecular flexibility index (Phi) is 7.05. The van der Waals surface area contributed by atoms with E-state index in [9.17, 15) is 4.79 Å². The first kappa shape index (κ1) is 21.5. The van der Waals surface area contributed by atoms with Gasteiger partial charge in [0.1, 0.15) is 5.75 Å². The van der Waals surface area contributed by atoms with Crippen LogP contribution < -0.4 is 10.1 Å². The largest absolute Gasteiger partial charge is 0.481 e. The number of nitrogens with zero attached hydrogens (tertiary/aromatic N) is 3. The predicted octanol–water partition coefficient (Wildman–Crippen LogP) is 5.30. The Morgan fingerprint density at radius 2 is 1.93 bits per heavy atom. The van der Waals surface area contributed by atoms with Crippen molar-refractivity contribution in [2.75, 3.05) is 11.1 Å². The van der Waals surface area contributed by atoms with Gasteiger partial charge in [-0.15, -0.1) is 10.2 Å². The van der Waals surface area contributed by atoms with E-state index < -0.39 is 0 Å². The molecule has 1 aromatic heterocycles. The summed E-state index contributed by atoms with van der Waals surface area (Å²) in [5, 5.41) is 13.0. The zero-order valence-electron chi connectivity index (χ0n) is 16.1. The summed E-state index contributed by atoms with van der Waals surface area (Å²) in [6, 6.07) is 12.6. The van der Waals surface area contributed by atoms with Gasteiger partial charge in [0.2, 0.25) is 5.91 Å². The third-order valence-electron chi connectivity index (χ3n) is 4.08. The maximum atomic E-state index is 12.2. The third kappa shape index (κ3) is 5.65. The topological polar surface area (TPSA) is 69.0 Å². The molecule has 1 amide bonds. The first-order valence-corrected chi connectivity index (χ1v) is 10.6. The number of rotatable bonds is 7. The smallest absolute Gasteiger partial charge is 0.234 e. The first-order chi connectivity index (χ1) is 13.8. The Morgan fingerprint density at radius 3 is 2.66 bits per heavy atom. The van der Waals surface area contributed by atoms with E-state index in [4.69, 9.17) is 27.9 Å². The SMILES string of the molecule is Cc1ccc(Cl)c(OC(C)c2nnc(SCC(=O)Nc3ccc(Cl)cc3)n2C)c1. The van der Waals surface area contributed by atoms with Crippen molar-refractivity contribution in [3.05, 3.63) is 63.9 Å². The van der Waals surface area contributed by atoms with Crippen LogP contribution in [0.2, 0.25) is 10.0 Å². The Hall–Kier alpha value is -2.22. The number of amides is 1. The molecule has 152 valence electrons. The maximum absolute atomic E-state index is 12.2. The molecule has 3 rings (SSSR count). The minimum Gasteiger partial charge on any atom is -0.481 e. The molecule has 2 aromatic carbocycles. The molecule has 0 aliphatic heterocycles. The van der Waals surface area contributed by atoms with Gasteiger partial charge in [-0.2, -0.15) is 0 Å². The summed E-state index contributed by atoms with van der Waals surface area (Å²) in [6.07, 6.45) is -0.357. The molecular weight excluding hydrogens is 431 g/mol. The molecule has 1 unspecified atom stereocenters. The van der Waals surface area contributed by atoms with Crippen LogP contribution >= 0.6 is 35.0 Å². The monoisotopic (exact) mass is 450 g/mol. The summed E-state index contributed by atoms with van der Waals surface area (Å²) in [6.45, 7) is 3.85. The van der Waals surface area contributed by atoms with E-state index >= 15 is 0 Å². The van der Waals surface area contributed by atoms with Gasteiger partial charge in [0.25, 0.3) is 0 Å². The number of carbonyl (C=O) groups excluding carboxylic acids is 1. The molecule has 9 heteroatoms. The van der Waals surface area contributed by atoms with Crippen molar-refractivity contribution < 1.29 is 9.53 Å². The maximum Gasteiger partial charge on any atom is 0.234 e. The van der Waals surface area contributed by atoms with Crippen molar-refractivity contribution in [1.82, 2.24) is 14.8 Å². The molecule has 1 heterocycles. The molecule has 0 radical (unpaired) electrons. The lowest BCUT2D eigenvalue weighted by molar-refractivity contribution is -0.113. The molecule has 0 saturated carbocycles. The molecule has 0 aliphatic rings. The molecule has 0 saturated heterocycles. The standard InChI is InChI=1S/C20H20Cl2N4O2S/c1-12-4-9-16(22)17(10-12)28-13(2)19-24-25-20(26(19)3)29-11-18(27)23-15-7-5-14(21)6-8-15/h4-10,13H,11H2,1-3H3,(H,23,27). The fourth-order valence-corrected chi connectivity index (χ4v) is 3.62. The van der Waals surface area contributed by atoms with Gasteiger partial charge in [-0.05, 0) is 55.8 Å². The van der Waals surface area contributed by atoms with Crippen LogP contribution in [0.15, 0.2) is 47.6 Å². The number of hydrogen-bond donors (Lipinski definition) is 1. The van der Waals surface area contributed by atoms with Crippen LogP contribution in [0.3, 0.4) is 0 Å². The average Bonchev–Trinajstić information content (AvgIpc) is 3.05. The molecule has 0 bridgehead atoms. The van der Waals surface area contributed by atoms with Gasteiger partial charge in [-0.1, -0.05) is 41.0 Å². The molecule has 0 fully saturated rings. The number of aryl methyl sites for hydroxylation is 1. The number of thioether (sulfide) groups is 1. The zero-order valence-corrected chi connectivity index (χ0v) is 18.5. The molecular formula is C20H20Cl2N4O2S. The van der Waals surface area contributed by atoms with E-state index in [1.54, 1.807) is 30.3 Å². The highest BCUT2D eigenvalue weighted by molar-refractivity contribution is 7.99. The summed E-state index contributed by atoms with van der Waals surface area (Å²) >= 11 is 13.4. The fourth-order valence-electron chi connectivity index (χ4n) is 2.61. The van der Waals surface area contributed by atoms with Crippen LogP contribution in [0.25, 0.3) is 0 Å². The lowest BCUT2D eigenvalue weighted by Gasteiger charge is -2.15. The number of carbonyl (C=O) groups is 1. The van der Waals surface area contributed by atoms with Gasteiger partial charge in [0.05, 0.1) is 10.8 Å². The van der Waals surface area contributed by atoms with Crippen molar-refractivity contribution in [2.45, 2.75) is 25.1 Å². The molecule has 3 aromatic rings. The lowest BCUT2D eigenvalue weighted by Crippen LogP contribution is -2.14. The highest BCUT2D eigenvalue weighted by Crippen LogP contribution is 2.30. The van der Waals surface area contributed by atoms with Crippen LogP contribution in [0.5, 0.6) is 5.75 Å².